The van der Waals surface area contributed by atoms with Crippen molar-refractivity contribution >= 4 is 12.0 Å². The normalized spacial score (nSPS) is 11.9. The number of benzene rings is 1. The highest BCUT2D eigenvalue weighted by molar-refractivity contribution is 5.92. The summed E-state index contributed by atoms with van der Waals surface area (Å²) >= 11 is 0. The second-order valence-corrected chi connectivity index (χ2v) is 5.65. The van der Waals surface area contributed by atoms with Gasteiger partial charge < -0.3 is 15.8 Å². The minimum absolute atomic E-state index is 0.128. The van der Waals surface area contributed by atoms with Crippen molar-refractivity contribution in [2.45, 2.75) is 39.3 Å². The maximum absolute atomic E-state index is 11.8. The average Bonchev–Trinajstić information content (AvgIpc) is 2.35. The van der Waals surface area contributed by atoms with Gasteiger partial charge in [-0.05, 0) is 51.5 Å². The molecule has 4 heteroatoms. The van der Waals surface area contributed by atoms with Crippen molar-refractivity contribution < 1.29 is 9.53 Å². The first-order valence-corrected chi connectivity index (χ1v) is 6.79. The summed E-state index contributed by atoms with van der Waals surface area (Å²) < 4.78 is 5.61. The van der Waals surface area contributed by atoms with Crippen molar-refractivity contribution in [1.29, 1.82) is 0 Å². The number of nitrogens with two attached hydrogens (primary N) is 1. The van der Waals surface area contributed by atoms with E-state index in [-0.39, 0.29) is 12.0 Å². The van der Waals surface area contributed by atoms with Gasteiger partial charge in [0, 0.05) is 18.2 Å². The van der Waals surface area contributed by atoms with E-state index in [2.05, 4.69) is 5.32 Å². The highest BCUT2D eigenvalue weighted by atomic mass is 16.5. The average molecular weight is 276 g/mol. The SMILES string of the molecule is CC(C)Oc1cccc(/C=C/C(=O)NC(C)(C)CN)c1. The molecular formula is C16H24N2O2. The first-order valence-electron chi connectivity index (χ1n) is 6.79. The summed E-state index contributed by atoms with van der Waals surface area (Å²) in [7, 11) is 0. The number of carbonyl (C=O) groups is 1. The van der Waals surface area contributed by atoms with Gasteiger partial charge in [-0.25, -0.2) is 0 Å². The van der Waals surface area contributed by atoms with Crippen LogP contribution in [-0.2, 0) is 4.79 Å². The summed E-state index contributed by atoms with van der Waals surface area (Å²) in [6, 6.07) is 7.62. The van der Waals surface area contributed by atoms with Gasteiger partial charge in [-0.1, -0.05) is 12.1 Å². The molecule has 0 aliphatic heterocycles. The fourth-order valence-electron chi connectivity index (χ4n) is 1.56. The zero-order valence-corrected chi connectivity index (χ0v) is 12.6. The fourth-order valence-corrected chi connectivity index (χ4v) is 1.56. The van der Waals surface area contributed by atoms with Gasteiger partial charge in [-0.3, -0.25) is 4.79 Å². The molecule has 110 valence electrons. The molecule has 0 aliphatic carbocycles. The molecule has 0 spiro atoms. The molecule has 20 heavy (non-hydrogen) atoms. The van der Waals surface area contributed by atoms with Crippen molar-refractivity contribution in [1.82, 2.24) is 5.32 Å². The summed E-state index contributed by atoms with van der Waals surface area (Å²) in [5.41, 5.74) is 6.09. The first kappa shape index (κ1) is 16.2. The Morgan fingerprint density at radius 1 is 1.45 bits per heavy atom. The molecule has 0 aliphatic rings. The van der Waals surface area contributed by atoms with Gasteiger partial charge in [-0.15, -0.1) is 0 Å². The van der Waals surface area contributed by atoms with Crippen molar-refractivity contribution in [2.24, 2.45) is 5.73 Å². The number of amides is 1. The molecule has 0 unspecified atom stereocenters. The second kappa shape index (κ2) is 7.10. The van der Waals surface area contributed by atoms with Crippen LogP contribution in [0.4, 0.5) is 0 Å². The maximum Gasteiger partial charge on any atom is 0.244 e. The number of rotatable bonds is 6. The van der Waals surface area contributed by atoms with Crippen LogP contribution in [0, 0.1) is 0 Å². The van der Waals surface area contributed by atoms with E-state index in [1.807, 2.05) is 52.0 Å². The lowest BCUT2D eigenvalue weighted by atomic mass is 10.1. The van der Waals surface area contributed by atoms with Gasteiger partial charge in [0.05, 0.1) is 6.10 Å². The van der Waals surface area contributed by atoms with Crippen LogP contribution in [0.3, 0.4) is 0 Å². The van der Waals surface area contributed by atoms with Crippen molar-refractivity contribution in [3.05, 3.63) is 35.9 Å². The number of carbonyl (C=O) groups excluding carboxylic acids is 1. The van der Waals surface area contributed by atoms with Crippen molar-refractivity contribution in [3.8, 4) is 5.75 Å². The van der Waals surface area contributed by atoms with Crippen LogP contribution in [0.2, 0.25) is 0 Å². The van der Waals surface area contributed by atoms with Crippen LogP contribution in [-0.4, -0.2) is 24.1 Å². The van der Waals surface area contributed by atoms with Crippen molar-refractivity contribution in [2.75, 3.05) is 6.54 Å². The highest BCUT2D eigenvalue weighted by Gasteiger charge is 2.16. The largest absolute Gasteiger partial charge is 0.491 e. The summed E-state index contributed by atoms with van der Waals surface area (Å²) in [6.45, 7) is 8.12. The third kappa shape index (κ3) is 5.89. The van der Waals surface area contributed by atoms with Gasteiger partial charge in [0.2, 0.25) is 5.91 Å². The van der Waals surface area contributed by atoms with E-state index < -0.39 is 5.54 Å². The number of ether oxygens (including phenoxy) is 1. The lowest BCUT2D eigenvalue weighted by Crippen LogP contribution is -2.48. The molecule has 1 rings (SSSR count). The van der Waals surface area contributed by atoms with Gasteiger partial charge in [0.1, 0.15) is 5.75 Å². The maximum atomic E-state index is 11.8. The Balaban J connectivity index is 2.68. The number of nitrogens with one attached hydrogen (secondary N) is 1. The van der Waals surface area contributed by atoms with Crippen LogP contribution < -0.4 is 15.8 Å². The minimum atomic E-state index is -0.399. The molecule has 0 fully saturated rings. The van der Waals surface area contributed by atoms with Crippen LogP contribution >= 0.6 is 0 Å². The number of hydrogen-bond acceptors (Lipinski definition) is 3. The lowest BCUT2D eigenvalue weighted by molar-refractivity contribution is -0.117. The Kier molecular flexibility index (Phi) is 5.77. The summed E-state index contributed by atoms with van der Waals surface area (Å²) in [5.74, 6) is 0.639. The van der Waals surface area contributed by atoms with Crippen LogP contribution in [0.1, 0.15) is 33.3 Å². The molecular weight excluding hydrogens is 252 g/mol. The third-order valence-corrected chi connectivity index (χ3v) is 2.63. The predicted octanol–water partition coefficient (Wildman–Crippen LogP) is 2.34. The lowest BCUT2D eigenvalue weighted by Gasteiger charge is -2.23. The van der Waals surface area contributed by atoms with Gasteiger partial charge >= 0.3 is 0 Å². The van der Waals surface area contributed by atoms with E-state index in [9.17, 15) is 4.79 Å². The molecule has 0 aromatic heterocycles. The van der Waals surface area contributed by atoms with E-state index in [1.54, 1.807) is 6.08 Å². The molecule has 0 heterocycles. The quantitative estimate of drug-likeness (QED) is 0.784. The molecule has 0 bridgehead atoms. The number of hydrogen-bond donors (Lipinski definition) is 2. The Labute approximate surface area is 121 Å². The Morgan fingerprint density at radius 2 is 2.15 bits per heavy atom. The van der Waals surface area contributed by atoms with E-state index >= 15 is 0 Å². The molecule has 0 atom stereocenters. The first-order chi connectivity index (χ1) is 9.32. The molecule has 3 N–H and O–H groups in total. The van der Waals surface area contributed by atoms with Gasteiger partial charge in [0.25, 0.3) is 0 Å². The fraction of sp³-hybridized carbons (Fsp3) is 0.438. The summed E-state index contributed by atoms with van der Waals surface area (Å²) in [6.07, 6.45) is 3.39. The molecule has 4 nitrogen and oxygen atoms in total. The molecule has 0 saturated carbocycles. The Morgan fingerprint density at radius 3 is 2.75 bits per heavy atom. The molecule has 0 radical (unpaired) electrons. The topological polar surface area (TPSA) is 64.3 Å². The summed E-state index contributed by atoms with van der Waals surface area (Å²) in [4.78, 5) is 11.8. The van der Waals surface area contributed by atoms with E-state index in [1.165, 1.54) is 6.08 Å². The third-order valence-electron chi connectivity index (χ3n) is 2.63. The zero-order chi connectivity index (χ0) is 15.2. The van der Waals surface area contributed by atoms with Crippen LogP contribution in [0.15, 0.2) is 30.3 Å². The van der Waals surface area contributed by atoms with E-state index in [0.717, 1.165) is 11.3 Å². The van der Waals surface area contributed by atoms with Gasteiger partial charge in [-0.2, -0.15) is 0 Å². The predicted molar refractivity (Wildman–Crippen MR) is 82.5 cm³/mol. The Bertz CT molecular complexity index is 479. The smallest absolute Gasteiger partial charge is 0.244 e. The van der Waals surface area contributed by atoms with E-state index in [0.29, 0.717) is 6.54 Å². The molecule has 1 aromatic rings. The second-order valence-electron chi connectivity index (χ2n) is 5.65. The van der Waals surface area contributed by atoms with Crippen LogP contribution in [0.25, 0.3) is 6.08 Å². The van der Waals surface area contributed by atoms with Crippen molar-refractivity contribution in [3.63, 3.8) is 0 Å². The molecule has 1 amide bonds. The standard InChI is InChI=1S/C16H24N2O2/c1-12(2)20-14-7-5-6-13(10-14)8-9-15(19)18-16(3,4)11-17/h5-10,12H,11,17H2,1-4H3,(H,18,19)/b9-8+. The highest BCUT2D eigenvalue weighted by Crippen LogP contribution is 2.15. The monoisotopic (exact) mass is 276 g/mol. The van der Waals surface area contributed by atoms with E-state index in [4.69, 9.17) is 10.5 Å². The van der Waals surface area contributed by atoms with Crippen LogP contribution in [0.5, 0.6) is 5.75 Å². The Hall–Kier alpha value is -1.81. The molecule has 0 saturated heterocycles. The van der Waals surface area contributed by atoms with Gasteiger partial charge in [0.15, 0.2) is 0 Å². The minimum Gasteiger partial charge on any atom is -0.491 e. The summed E-state index contributed by atoms with van der Waals surface area (Å²) in [5, 5.41) is 2.84. The molecule has 1 aromatic carbocycles. The zero-order valence-electron chi connectivity index (χ0n) is 12.6.